The van der Waals surface area contributed by atoms with E-state index in [0.717, 1.165) is 30.8 Å². The Bertz CT molecular complexity index is 798. The van der Waals surface area contributed by atoms with Gasteiger partial charge in [0.2, 0.25) is 5.91 Å². The highest BCUT2D eigenvalue weighted by Gasteiger charge is 2.22. The predicted molar refractivity (Wildman–Crippen MR) is 111 cm³/mol. The molecule has 1 saturated heterocycles. The van der Waals surface area contributed by atoms with Gasteiger partial charge in [-0.3, -0.25) is 9.59 Å². The van der Waals surface area contributed by atoms with Gasteiger partial charge in [0.15, 0.2) is 0 Å². The number of nitrogens with zero attached hydrogens (tertiary/aromatic N) is 1. The Kier molecular flexibility index (Phi) is 6.56. The fourth-order valence-electron chi connectivity index (χ4n) is 3.15. The highest BCUT2D eigenvalue weighted by atomic mass is 32.2. The predicted octanol–water partition coefficient (Wildman–Crippen LogP) is 4.74. The molecule has 1 fully saturated rings. The summed E-state index contributed by atoms with van der Waals surface area (Å²) in [6.45, 7) is 5.51. The normalized spacial score (nSPS) is 15.3. The molecule has 2 aromatic rings. The van der Waals surface area contributed by atoms with Crippen LogP contribution in [0, 0.1) is 6.92 Å². The van der Waals surface area contributed by atoms with Crippen LogP contribution in [0.2, 0.25) is 0 Å². The number of piperidine rings is 1. The van der Waals surface area contributed by atoms with Gasteiger partial charge in [0.05, 0.1) is 16.5 Å². The topological polar surface area (TPSA) is 49.4 Å². The van der Waals surface area contributed by atoms with Crippen molar-refractivity contribution in [2.45, 2.75) is 43.3 Å². The highest BCUT2D eigenvalue weighted by molar-refractivity contribution is 8.00. The third kappa shape index (κ3) is 5.13. The number of nitrogens with one attached hydrogen (secondary N) is 1. The average molecular weight is 383 g/mol. The van der Waals surface area contributed by atoms with Gasteiger partial charge in [-0.2, -0.15) is 0 Å². The van der Waals surface area contributed by atoms with Crippen molar-refractivity contribution in [2.75, 3.05) is 18.4 Å². The number of thioether (sulfide) groups is 1. The molecule has 0 saturated carbocycles. The summed E-state index contributed by atoms with van der Waals surface area (Å²) in [5, 5.41) is 2.70. The average Bonchev–Trinajstić information content (AvgIpc) is 2.70. The maximum Gasteiger partial charge on any atom is 0.255 e. The Morgan fingerprint density at radius 1 is 1.00 bits per heavy atom. The molecule has 3 rings (SSSR count). The van der Waals surface area contributed by atoms with E-state index in [-0.39, 0.29) is 17.1 Å². The number of amides is 2. The molecule has 142 valence electrons. The van der Waals surface area contributed by atoms with Crippen molar-refractivity contribution in [3.8, 4) is 0 Å². The molecule has 0 bridgehead atoms. The van der Waals surface area contributed by atoms with Gasteiger partial charge < -0.3 is 10.2 Å². The van der Waals surface area contributed by atoms with Crippen LogP contribution in [0.15, 0.2) is 53.4 Å². The zero-order valence-electron chi connectivity index (χ0n) is 15.9. The van der Waals surface area contributed by atoms with E-state index in [1.54, 1.807) is 12.1 Å². The van der Waals surface area contributed by atoms with Gasteiger partial charge in [0.1, 0.15) is 0 Å². The molecule has 1 aliphatic rings. The van der Waals surface area contributed by atoms with E-state index in [2.05, 4.69) is 5.32 Å². The Labute approximate surface area is 165 Å². The first-order valence-electron chi connectivity index (χ1n) is 9.47. The van der Waals surface area contributed by atoms with E-state index in [9.17, 15) is 9.59 Å². The minimum atomic E-state index is -0.258. The minimum absolute atomic E-state index is 0.00411. The summed E-state index contributed by atoms with van der Waals surface area (Å²) < 4.78 is 0. The van der Waals surface area contributed by atoms with Gasteiger partial charge in [-0.15, -0.1) is 11.8 Å². The van der Waals surface area contributed by atoms with Crippen molar-refractivity contribution in [2.24, 2.45) is 0 Å². The molecule has 5 heteroatoms. The van der Waals surface area contributed by atoms with Crippen LogP contribution in [0.5, 0.6) is 0 Å². The lowest BCUT2D eigenvalue weighted by molar-refractivity contribution is -0.115. The molecule has 0 aliphatic carbocycles. The van der Waals surface area contributed by atoms with Gasteiger partial charge in [-0.25, -0.2) is 0 Å². The number of aryl methyl sites for hydroxylation is 1. The third-order valence-corrected chi connectivity index (χ3v) is 5.87. The summed E-state index contributed by atoms with van der Waals surface area (Å²) >= 11 is 1.51. The number of para-hydroxylation sites is 1. The van der Waals surface area contributed by atoms with E-state index in [4.69, 9.17) is 0 Å². The molecule has 27 heavy (non-hydrogen) atoms. The zero-order valence-corrected chi connectivity index (χ0v) is 16.7. The van der Waals surface area contributed by atoms with E-state index < -0.39 is 0 Å². The number of carbonyl (C=O) groups excluding carboxylic acids is 2. The van der Waals surface area contributed by atoms with Crippen LogP contribution in [0.3, 0.4) is 0 Å². The number of hydrogen-bond donors (Lipinski definition) is 1. The molecule has 1 heterocycles. The van der Waals surface area contributed by atoms with Crippen molar-refractivity contribution >= 4 is 29.3 Å². The first kappa shape index (κ1) is 19.5. The monoisotopic (exact) mass is 382 g/mol. The fraction of sp³-hybridized carbons (Fsp3) is 0.364. The zero-order chi connectivity index (χ0) is 19.2. The minimum Gasteiger partial charge on any atom is -0.339 e. The van der Waals surface area contributed by atoms with Crippen LogP contribution >= 0.6 is 11.8 Å². The number of carbonyl (C=O) groups is 2. The molecule has 1 N–H and O–H groups in total. The molecule has 0 unspecified atom stereocenters. The van der Waals surface area contributed by atoms with E-state index in [1.165, 1.54) is 23.7 Å². The number of rotatable bonds is 5. The fourth-order valence-corrected chi connectivity index (χ4v) is 4.02. The lowest BCUT2D eigenvalue weighted by atomic mass is 10.1. The molecule has 0 spiro atoms. The summed E-state index contributed by atoms with van der Waals surface area (Å²) in [6, 6.07) is 15.4. The lowest BCUT2D eigenvalue weighted by Crippen LogP contribution is -2.36. The molecule has 2 aromatic carbocycles. The molecular weight excluding hydrogens is 356 g/mol. The molecule has 0 radical (unpaired) electrons. The largest absolute Gasteiger partial charge is 0.339 e. The van der Waals surface area contributed by atoms with Crippen LogP contribution in [0.25, 0.3) is 0 Å². The van der Waals surface area contributed by atoms with Crippen LogP contribution in [0.1, 0.15) is 42.1 Å². The molecule has 0 aromatic heterocycles. The number of benzene rings is 2. The van der Waals surface area contributed by atoms with Crippen LogP contribution in [-0.2, 0) is 4.79 Å². The second kappa shape index (κ2) is 9.09. The van der Waals surface area contributed by atoms with Gasteiger partial charge in [0.25, 0.3) is 5.91 Å². The van der Waals surface area contributed by atoms with E-state index in [1.807, 2.05) is 55.1 Å². The quantitative estimate of drug-likeness (QED) is 0.760. The Morgan fingerprint density at radius 2 is 1.67 bits per heavy atom. The molecule has 4 nitrogen and oxygen atoms in total. The van der Waals surface area contributed by atoms with Crippen molar-refractivity contribution in [1.29, 1.82) is 0 Å². The van der Waals surface area contributed by atoms with Crippen molar-refractivity contribution in [3.63, 3.8) is 0 Å². The smallest absolute Gasteiger partial charge is 0.255 e. The van der Waals surface area contributed by atoms with Gasteiger partial charge in [-0.1, -0.05) is 29.8 Å². The van der Waals surface area contributed by atoms with Crippen LogP contribution in [-0.4, -0.2) is 35.1 Å². The number of likely N-dealkylation sites (tertiary alicyclic amines) is 1. The standard InChI is InChI=1S/C22H26N2O2S/c1-16-10-12-18(13-11-16)27-17(2)21(25)23-20-9-5-4-8-19(20)22(26)24-14-6-3-7-15-24/h4-5,8-13,17H,3,6-7,14-15H2,1-2H3,(H,23,25)/t17-/m0/s1. The summed E-state index contributed by atoms with van der Waals surface area (Å²) in [7, 11) is 0. The summed E-state index contributed by atoms with van der Waals surface area (Å²) in [5.74, 6) is -0.0936. The second-order valence-corrected chi connectivity index (χ2v) is 8.38. The van der Waals surface area contributed by atoms with Gasteiger partial charge in [-0.05, 0) is 57.4 Å². The first-order valence-corrected chi connectivity index (χ1v) is 10.3. The summed E-state index contributed by atoms with van der Waals surface area (Å²) in [6.07, 6.45) is 3.27. The molecule has 1 aliphatic heterocycles. The summed E-state index contributed by atoms with van der Waals surface area (Å²) in [4.78, 5) is 28.5. The number of anilines is 1. The Morgan fingerprint density at radius 3 is 2.37 bits per heavy atom. The van der Waals surface area contributed by atoms with E-state index in [0.29, 0.717) is 11.3 Å². The lowest BCUT2D eigenvalue weighted by Gasteiger charge is -2.27. The van der Waals surface area contributed by atoms with Crippen LogP contribution in [0.4, 0.5) is 5.69 Å². The van der Waals surface area contributed by atoms with Crippen molar-refractivity contribution < 1.29 is 9.59 Å². The molecule has 2 amide bonds. The Hall–Kier alpha value is -2.27. The van der Waals surface area contributed by atoms with Gasteiger partial charge >= 0.3 is 0 Å². The third-order valence-electron chi connectivity index (χ3n) is 4.76. The Balaban J connectivity index is 1.68. The van der Waals surface area contributed by atoms with Crippen molar-refractivity contribution in [1.82, 2.24) is 4.90 Å². The van der Waals surface area contributed by atoms with Gasteiger partial charge in [0, 0.05) is 18.0 Å². The first-order chi connectivity index (χ1) is 13.0. The van der Waals surface area contributed by atoms with Crippen molar-refractivity contribution in [3.05, 3.63) is 59.7 Å². The second-order valence-electron chi connectivity index (χ2n) is 6.96. The van der Waals surface area contributed by atoms with E-state index >= 15 is 0 Å². The summed E-state index contributed by atoms with van der Waals surface area (Å²) in [5.41, 5.74) is 2.36. The highest BCUT2D eigenvalue weighted by Crippen LogP contribution is 2.26. The van der Waals surface area contributed by atoms with Crippen LogP contribution < -0.4 is 5.32 Å². The maximum atomic E-state index is 12.9. The molecule has 1 atom stereocenters. The maximum absolute atomic E-state index is 12.9. The molecular formula is C22H26N2O2S. The number of hydrogen-bond acceptors (Lipinski definition) is 3. The SMILES string of the molecule is Cc1ccc(S[C@@H](C)C(=O)Nc2ccccc2C(=O)N2CCCCC2)cc1.